The third kappa shape index (κ3) is 2.49. The lowest BCUT2D eigenvalue weighted by atomic mass is 10.00. The van der Waals surface area contributed by atoms with Gasteiger partial charge in [0.15, 0.2) is 0 Å². The predicted octanol–water partition coefficient (Wildman–Crippen LogP) is 2.84. The summed E-state index contributed by atoms with van der Waals surface area (Å²) in [6.07, 6.45) is 0.635. The van der Waals surface area contributed by atoms with Crippen LogP contribution in [0.5, 0.6) is 5.75 Å². The normalized spacial score (nSPS) is 10.6. The lowest BCUT2D eigenvalue weighted by molar-refractivity contribution is 0.476. The van der Waals surface area contributed by atoms with Gasteiger partial charge in [-0.2, -0.15) is 0 Å². The molecule has 0 amide bonds. The summed E-state index contributed by atoms with van der Waals surface area (Å²) in [5, 5.41) is 9.76. The molecule has 0 aliphatic rings. The number of hydrogen-bond acceptors (Lipinski definition) is 2. The van der Waals surface area contributed by atoms with Crippen molar-refractivity contribution in [3.05, 3.63) is 53.6 Å². The van der Waals surface area contributed by atoms with Crippen molar-refractivity contribution in [3.63, 3.8) is 0 Å². The number of halogens is 2. The summed E-state index contributed by atoms with van der Waals surface area (Å²) in [6, 6.07) is 8.15. The van der Waals surface area contributed by atoms with Gasteiger partial charge in [0.05, 0.1) is 0 Å². The zero-order chi connectivity index (χ0) is 13.1. The SMILES string of the molecule is NCCc1ccc(O)c(-c2ccc(F)cc2F)c1. The molecule has 0 aromatic heterocycles. The Kier molecular flexibility index (Phi) is 3.58. The minimum absolute atomic E-state index is 0.0405. The molecule has 0 fully saturated rings. The van der Waals surface area contributed by atoms with Crippen molar-refractivity contribution in [3.8, 4) is 16.9 Å². The van der Waals surface area contributed by atoms with E-state index in [4.69, 9.17) is 5.73 Å². The summed E-state index contributed by atoms with van der Waals surface area (Å²) in [4.78, 5) is 0. The van der Waals surface area contributed by atoms with Crippen LogP contribution in [0.25, 0.3) is 11.1 Å². The molecule has 3 N–H and O–H groups in total. The van der Waals surface area contributed by atoms with E-state index in [1.54, 1.807) is 12.1 Å². The van der Waals surface area contributed by atoms with Crippen molar-refractivity contribution in [2.24, 2.45) is 5.73 Å². The molecule has 2 aromatic rings. The maximum atomic E-state index is 13.7. The molecule has 18 heavy (non-hydrogen) atoms. The standard InChI is InChI=1S/C14H13F2NO/c15-10-2-3-11(13(16)8-10)12-7-9(5-6-17)1-4-14(12)18/h1-4,7-8,18H,5-6,17H2. The molecule has 2 nitrogen and oxygen atoms in total. The van der Waals surface area contributed by atoms with Gasteiger partial charge >= 0.3 is 0 Å². The van der Waals surface area contributed by atoms with Crippen molar-refractivity contribution in [2.75, 3.05) is 6.54 Å². The molecule has 0 saturated carbocycles. The molecule has 2 rings (SSSR count). The molecular weight excluding hydrogens is 236 g/mol. The molecule has 0 spiro atoms. The van der Waals surface area contributed by atoms with Crippen molar-refractivity contribution >= 4 is 0 Å². The fourth-order valence-corrected chi connectivity index (χ4v) is 1.83. The van der Waals surface area contributed by atoms with Crippen LogP contribution in [-0.4, -0.2) is 11.7 Å². The van der Waals surface area contributed by atoms with E-state index in [2.05, 4.69) is 0 Å². The quantitative estimate of drug-likeness (QED) is 0.878. The van der Waals surface area contributed by atoms with Crippen molar-refractivity contribution in [1.29, 1.82) is 0 Å². The first-order chi connectivity index (χ1) is 8.61. The van der Waals surface area contributed by atoms with E-state index in [0.29, 0.717) is 18.5 Å². The Hall–Kier alpha value is -1.94. The third-order valence-electron chi connectivity index (χ3n) is 2.72. The van der Waals surface area contributed by atoms with E-state index in [9.17, 15) is 13.9 Å². The van der Waals surface area contributed by atoms with E-state index in [1.165, 1.54) is 12.1 Å². The molecule has 0 radical (unpaired) electrons. The van der Waals surface area contributed by atoms with Crippen LogP contribution in [0, 0.1) is 11.6 Å². The second kappa shape index (κ2) is 5.14. The number of phenols is 1. The fraction of sp³-hybridized carbons (Fsp3) is 0.143. The molecule has 2 aromatic carbocycles. The minimum Gasteiger partial charge on any atom is -0.507 e. The lowest BCUT2D eigenvalue weighted by Gasteiger charge is -2.08. The third-order valence-corrected chi connectivity index (χ3v) is 2.72. The number of phenolic OH excluding ortho intramolecular Hbond substituents is 1. The van der Waals surface area contributed by atoms with Crippen LogP contribution in [0.3, 0.4) is 0 Å². The highest BCUT2D eigenvalue weighted by atomic mass is 19.1. The highest BCUT2D eigenvalue weighted by Gasteiger charge is 2.11. The molecule has 0 aliphatic heterocycles. The maximum absolute atomic E-state index is 13.7. The maximum Gasteiger partial charge on any atom is 0.134 e. The minimum atomic E-state index is -0.699. The molecule has 94 valence electrons. The second-order valence-corrected chi connectivity index (χ2v) is 4.01. The Bertz CT molecular complexity index is 570. The van der Waals surface area contributed by atoms with Crippen LogP contribution in [-0.2, 0) is 6.42 Å². The summed E-state index contributed by atoms with van der Waals surface area (Å²) >= 11 is 0. The first-order valence-electron chi connectivity index (χ1n) is 5.59. The van der Waals surface area contributed by atoms with E-state index in [0.717, 1.165) is 17.7 Å². The predicted molar refractivity (Wildman–Crippen MR) is 66.2 cm³/mol. The molecule has 0 atom stereocenters. The Labute approximate surface area is 104 Å². The Morgan fingerprint density at radius 2 is 1.78 bits per heavy atom. The van der Waals surface area contributed by atoms with Crippen LogP contribution >= 0.6 is 0 Å². The molecular formula is C14H13F2NO. The Morgan fingerprint density at radius 3 is 2.44 bits per heavy atom. The first kappa shape index (κ1) is 12.5. The largest absolute Gasteiger partial charge is 0.507 e. The van der Waals surface area contributed by atoms with Crippen LogP contribution in [0.4, 0.5) is 8.78 Å². The van der Waals surface area contributed by atoms with Crippen molar-refractivity contribution < 1.29 is 13.9 Å². The summed E-state index contributed by atoms with van der Waals surface area (Å²) < 4.78 is 26.5. The monoisotopic (exact) mass is 249 g/mol. The van der Waals surface area contributed by atoms with E-state index in [-0.39, 0.29) is 11.3 Å². The van der Waals surface area contributed by atoms with E-state index >= 15 is 0 Å². The summed E-state index contributed by atoms with van der Waals surface area (Å²) in [6.45, 7) is 0.468. The van der Waals surface area contributed by atoms with Gasteiger partial charge in [-0.25, -0.2) is 8.78 Å². The zero-order valence-electron chi connectivity index (χ0n) is 9.66. The number of nitrogens with two attached hydrogens (primary N) is 1. The van der Waals surface area contributed by atoms with Gasteiger partial charge in [0.1, 0.15) is 17.4 Å². The van der Waals surface area contributed by atoms with E-state index in [1.807, 2.05) is 0 Å². The second-order valence-electron chi connectivity index (χ2n) is 4.01. The highest BCUT2D eigenvalue weighted by Crippen LogP contribution is 2.32. The van der Waals surface area contributed by atoms with Gasteiger partial charge in [-0.05, 0) is 42.8 Å². The number of rotatable bonds is 3. The van der Waals surface area contributed by atoms with Crippen LogP contribution in [0.2, 0.25) is 0 Å². The number of hydrogen-bond donors (Lipinski definition) is 2. The summed E-state index contributed by atoms with van der Waals surface area (Å²) in [5.41, 5.74) is 6.87. The average Bonchev–Trinajstić information content (AvgIpc) is 2.33. The molecule has 0 unspecified atom stereocenters. The van der Waals surface area contributed by atoms with Crippen LogP contribution in [0.1, 0.15) is 5.56 Å². The van der Waals surface area contributed by atoms with Gasteiger partial charge < -0.3 is 10.8 Å². The zero-order valence-corrected chi connectivity index (χ0v) is 9.66. The molecule has 0 aliphatic carbocycles. The van der Waals surface area contributed by atoms with Gasteiger partial charge in [0, 0.05) is 17.2 Å². The highest BCUT2D eigenvalue weighted by molar-refractivity contribution is 5.71. The van der Waals surface area contributed by atoms with Crippen LogP contribution in [0.15, 0.2) is 36.4 Å². The molecule has 4 heteroatoms. The Balaban J connectivity index is 2.51. The van der Waals surface area contributed by atoms with Crippen LogP contribution < -0.4 is 5.73 Å². The van der Waals surface area contributed by atoms with Gasteiger partial charge in [-0.15, -0.1) is 0 Å². The fourth-order valence-electron chi connectivity index (χ4n) is 1.83. The van der Waals surface area contributed by atoms with Crippen molar-refractivity contribution in [2.45, 2.75) is 6.42 Å². The number of aromatic hydroxyl groups is 1. The van der Waals surface area contributed by atoms with Gasteiger partial charge in [0.2, 0.25) is 0 Å². The van der Waals surface area contributed by atoms with E-state index < -0.39 is 11.6 Å². The smallest absolute Gasteiger partial charge is 0.134 e. The summed E-state index contributed by atoms with van der Waals surface area (Å²) in [7, 11) is 0. The molecule has 0 bridgehead atoms. The topological polar surface area (TPSA) is 46.2 Å². The average molecular weight is 249 g/mol. The molecule has 0 saturated heterocycles. The first-order valence-corrected chi connectivity index (χ1v) is 5.59. The van der Waals surface area contributed by atoms with Gasteiger partial charge in [0.25, 0.3) is 0 Å². The van der Waals surface area contributed by atoms with Crippen molar-refractivity contribution in [1.82, 2.24) is 0 Å². The van der Waals surface area contributed by atoms with Gasteiger partial charge in [-0.3, -0.25) is 0 Å². The Morgan fingerprint density at radius 1 is 1.00 bits per heavy atom. The number of benzene rings is 2. The molecule has 0 heterocycles. The van der Waals surface area contributed by atoms with Gasteiger partial charge in [-0.1, -0.05) is 6.07 Å². The summed E-state index contributed by atoms with van der Waals surface area (Å²) in [5.74, 6) is -1.38. The lowest BCUT2D eigenvalue weighted by Crippen LogP contribution is -2.02.